The maximum absolute atomic E-state index is 4.78. The maximum Gasteiger partial charge on any atom is 0.183 e. The molecule has 1 aromatic carbocycles. The van der Waals surface area contributed by atoms with Gasteiger partial charge in [0.05, 0.1) is 6.04 Å². The van der Waals surface area contributed by atoms with Crippen LogP contribution < -0.4 is 5.32 Å². The van der Waals surface area contributed by atoms with Crippen LogP contribution in [0.5, 0.6) is 0 Å². The summed E-state index contributed by atoms with van der Waals surface area (Å²) < 4.78 is 2.21. The molecule has 0 saturated heterocycles. The molecule has 1 unspecified atom stereocenters. The van der Waals surface area contributed by atoms with E-state index in [9.17, 15) is 0 Å². The normalized spacial score (nSPS) is 17.4. The summed E-state index contributed by atoms with van der Waals surface area (Å²) in [6.45, 7) is 6.24. The molecule has 0 fully saturated rings. The largest absolute Gasteiger partial charge is 0.307 e. The van der Waals surface area contributed by atoms with Crippen molar-refractivity contribution in [1.29, 1.82) is 0 Å². The van der Waals surface area contributed by atoms with Gasteiger partial charge in [-0.05, 0) is 5.92 Å². The third kappa shape index (κ3) is 2.58. The first-order chi connectivity index (χ1) is 11.2. The van der Waals surface area contributed by atoms with Crippen molar-refractivity contribution in [1.82, 2.24) is 25.1 Å². The van der Waals surface area contributed by atoms with Crippen LogP contribution in [-0.2, 0) is 6.54 Å². The number of rotatable bonds is 3. The van der Waals surface area contributed by atoms with Crippen LogP contribution in [0.25, 0.3) is 22.1 Å². The number of hydrogen-bond donors (Lipinski definition) is 1. The van der Waals surface area contributed by atoms with Crippen LogP contribution in [0.2, 0.25) is 0 Å². The Kier molecular flexibility index (Phi) is 3.71. The van der Waals surface area contributed by atoms with E-state index in [0.29, 0.717) is 5.92 Å². The lowest BCUT2D eigenvalue weighted by atomic mass is 10.0. The first kappa shape index (κ1) is 14.5. The molecule has 6 heteroatoms. The van der Waals surface area contributed by atoms with E-state index >= 15 is 0 Å². The van der Waals surface area contributed by atoms with Gasteiger partial charge in [-0.15, -0.1) is 21.5 Å². The Hall–Kier alpha value is -2.05. The minimum atomic E-state index is 0.261. The van der Waals surface area contributed by atoms with Gasteiger partial charge in [-0.1, -0.05) is 44.2 Å². The predicted molar refractivity (Wildman–Crippen MR) is 92.1 cm³/mol. The fourth-order valence-corrected chi connectivity index (χ4v) is 3.81. The highest BCUT2D eigenvalue weighted by molar-refractivity contribution is 7.13. The molecule has 4 rings (SSSR count). The van der Waals surface area contributed by atoms with E-state index in [4.69, 9.17) is 4.98 Å². The minimum absolute atomic E-state index is 0.261. The van der Waals surface area contributed by atoms with Crippen molar-refractivity contribution in [2.24, 2.45) is 5.92 Å². The molecule has 118 valence electrons. The van der Waals surface area contributed by atoms with Crippen molar-refractivity contribution >= 4 is 11.3 Å². The Morgan fingerprint density at radius 3 is 2.83 bits per heavy atom. The number of hydrogen-bond acceptors (Lipinski definition) is 5. The molecular weight excluding hydrogens is 306 g/mol. The summed E-state index contributed by atoms with van der Waals surface area (Å²) in [6, 6.07) is 10.5. The molecule has 2 aromatic heterocycles. The summed E-state index contributed by atoms with van der Waals surface area (Å²) in [6.07, 6.45) is 0. The second kappa shape index (κ2) is 5.86. The van der Waals surface area contributed by atoms with Crippen LogP contribution in [0.1, 0.15) is 25.7 Å². The number of benzene rings is 1. The summed E-state index contributed by atoms with van der Waals surface area (Å²) in [5, 5.41) is 15.5. The average molecular weight is 325 g/mol. The zero-order valence-electron chi connectivity index (χ0n) is 13.2. The van der Waals surface area contributed by atoms with Gasteiger partial charge in [0.1, 0.15) is 10.7 Å². The van der Waals surface area contributed by atoms with Crippen molar-refractivity contribution in [3.63, 3.8) is 0 Å². The molecule has 0 spiro atoms. The van der Waals surface area contributed by atoms with E-state index < -0.39 is 0 Å². The highest BCUT2D eigenvalue weighted by Crippen LogP contribution is 2.31. The molecule has 1 atom stereocenters. The van der Waals surface area contributed by atoms with E-state index in [1.165, 1.54) is 0 Å². The van der Waals surface area contributed by atoms with Crippen LogP contribution >= 0.6 is 11.3 Å². The number of nitrogens with one attached hydrogen (secondary N) is 1. The number of aromatic nitrogens is 4. The number of fused-ring (bicyclic) bond motifs is 1. The molecule has 1 N–H and O–H groups in total. The molecule has 5 nitrogen and oxygen atoms in total. The SMILES string of the molecule is CC(C)C1NCCn2c(-c3csc(-c4ccccc4)n3)nnc21. The summed E-state index contributed by atoms with van der Waals surface area (Å²) >= 11 is 1.65. The summed E-state index contributed by atoms with van der Waals surface area (Å²) in [4.78, 5) is 4.78. The lowest BCUT2D eigenvalue weighted by Crippen LogP contribution is -2.36. The van der Waals surface area contributed by atoms with Gasteiger partial charge in [-0.25, -0.2) is 4.98 Å². The van der Waals surface area contributed by atoms with E-state index in [-0.39, 0.29) is 6.04 Å². The molecule has 0 amide bonds. The highest BCUT2D eigenvalue weighted by atomic mass is 32.1. The molecule has 0 aliphatic carbocycles. The van der Waals surface area contributed by atoms with E-state index in [0.717, 1.165) is 41.0 Å². The first-order valence-electron chi connectivity index (χ1n) is 7.92. The van der Waals surface area contributed by atoms with E-state index in [1.54, 1.807) is 11.3 Å². The first-order valence-corrected chi connectivity index (χ1v) is 8.80. The molecule has 1 aliphatic heterocycles. The standard InChI is InChI=1S/C17H19N5S/c1-11(2)14-16-21-20-15(22(16)9-8-18-14)13-10-23-17(19-13)12-6-4-3-5-7-12/h3-7,10-11,14,18H,8-9H2,1-2H3. The van der Waals surface area contributed by atoms with Gasteiger partial charge in [0.15, 0.2) is 11.6 Å². The Labute approximate surface area is 139 Å². The van der Waals surface area contributed by atoms with Gasteiger partial charge in [-0.3, -0.25) is 0 Å². The van der Waals surface area contributed by atoms with Crippen LogP contribution in [0.15, 0.2) is 35.7 Å². The Bertz CT molecular complexity index is 806. The predicted octanol–water partition coefficient (Wildman–Crippen LogP) is 3.37. The highest BCUT2D eigenvalue weighted by Gasteiger charge is 2.28. The zero-order chi connectivity index (χ0) is 15.8. The van der Waals surface area contributed by atoms with Gasteiger partial charge in [0.25, 0.3) is 0 Å². The molecule has 3 aromatic rings. The Morgan fingerprint density at radius 1 is 1.22 bits per heavy atom. The lowest BCUT2D eigenvalue weighted by molar-refractivity contribution is 0.339. The van der Waals surface area contributed by atoms with E-state index in [1.807, 2.05) is 18.2 Å². The molecule has 23 heavy (non-hydrogen) atoms. The molecule has 3 heterocycles. The average Bonchev–Trinajstić information content (AvgIpc) is 3.21. The monoisotopic (exact) mass is 325 g/mol. The molecular formula is C17H19N5S. The lowest BCUT2D eigenvalue weighted by Gasteiger charge is -2.27. The van der Waals surface area contributed by atoms with Gasteiger partial charge in [-0.2, -0.15) is 0 Å². The zero-order valence-corrected chi connectivity index (χ0v) is 14.0. The van der Waals surface area contributed by atoms with Crippen LogP contribution in [0.3, 0.4) is 0 Å². The van der Waals surface area contributed by atoms with Crippen molar-refractivity contribution in [2.75, 3.05) is 6.54 Å². The summed E-state index contributed by atoms with van der Waals surface area (Å²) in [5.74, 6) is 2.39. The van der Waals surface area contributed by atoms with Gasteiger partial charge >= 0.3 is 0 Å². The van der Waals surface area contributed by atoms with E-state index in [2.05, 4.69) is 51.4 Å². The molecule has 0 bridgehead atoms. The number of nitrogens with zero attached hydrogens (tertiary/aromatic N) is 4. The van der Waals surface area contributed by atoms with Gasteiger partial charge in [0, 0.05) is 24.0 Å². The Morgan fingerprint density at radius 2 is 2.04 bits per heavy atom. The quantitative estimate of drug-likeness (QED) is 0.802. The van der Waals surface area contributed by atoms with Gasteiger partial charge < -0.3 is 9.88 Å². The maximum atomic E-state index is 4.78. The molecule has 0 radical (unpaired) electrons. The van der Waals surface area contributed by atoms with Gasteiger partial charge in [0.2, 0.25) is 0 Å². The second-order valence-corrected chi connectivity index (χ2v) is 6.97. The smallest absolute Gasteiger partial charge is 0.183 e. The third-order valence-electron chi connectivity index (χ3n) is 4.18. The second-order valence-electron chi connectivity index (χ2n) is 6.11. The van der Waals surface area contributed by atoms with Crippen molar-refractivity contribution in [3.8, 4) is 22.1 Å². The van der Waals surface area contributed by atoms with Crippen LogP contribution in [-0.4, -0.2) is 26.3 Å². The fraction of sp³-hybridized carbons (Fsp3) is 0.353. The number of thiazole rings is 1. The van der Waals surface area contributed by atoms with Crippen LogP contribution in [0, 0.1) is 5.92 Å². The van der Waals surface area contributed by atoms with Crippen molar-refractivity contribution in [3.05, 3.63) is 41.5 Å². The Balaban J connectivity index is 1.71. The van der Waals surface area contributed by atoms with Crippen molar-refractivity contribution in [2.45, 2.75) is 26.4 Å². The summed E-state index contributed by atoms with van der Waals surface area (Å²) in [7, 11) is 0. The van der Waals surface area contributed by atoms with Crippen LogP contribution in [0.4, 0.5) is 0 Å². The topological polar surface area (TPSA) is 55.6 Å². The van der Waals surface area contributed by atoms with Crippen molar-refractivity contribution < 1.29 is 0 Å². The third-order valence-corrected chi connectivity index (χ3v) is 5.07. The fourth-order valence-electron chi connectivity index (χ4n) is 3.00. The summed E-state index contributed by atoms with van der Waals surface area (Å²) in [5.41, 5.74) is 2.06. The molecule has 1 aliphatic rings. The molecule has 0 saturated carbocycles. The minimum Gasteiger partial charge on any atom is -0.307 e.